The predicted molar refractivity (Wildman–Crippen MR) is 90.6 cm³/mol. The largest absolute Gasteiger partial charge is 0.326 e. The van der Waals surface area contributed by atoms with Crippen LogP contribution in [0.1, 0.15) is 36.8 Å². The monoisotopic (exact) mass is 314 g/mol. The molecule has 1 fully saturated rings. The number of thioether (sulfide) groups is 1. The van der Waals surface area contributed by atoms with E-state index >= 15 is 0 Å². The van der Waals surface area contributed by atoms with E-state index in [1.807, 2.05) is 12.1 Å². The summed E-state index contributed by atoms with van der Waals surface area (Å²) in [6.07, 6.45) is 5.46. The fourth-order valence-electron chi connectivity index (χ4n) is 3.14. The van der Waals surface area contributed by atoms with E-state index < -0.39 is 0 Å². The molecule has 0 spiro atoms. The summed E-state index contributed by atoms with van der Waals surface area (Å²) >= 11 is 1.71. The second-order valence-electron chi connectivity index (χ2n) is 5.93. The van der Waals surface area contributed by atoms with Gasteiger partial charge in [0.25, 0.3) is 0 Å². The number of benzene rings is 1. The quantitative estimate of drug-likeness (QED) is 0.881. The molecule has 0 unspecified atom stereocenters. The van der Waals surface area contributed by atoms with E-state index in [4.69, 9.17) is 4.99 Å². The van der Waals surface area contributed by atoms with Gasteiger partial charge in [-0.15, -0.1) is 0 Å². The highest BCUT2D eigenvalue weighted by Gasteiger charge is 2.21. The van der Waals surface area contributed by atoms with Crippen molar-refractivity contribution in [2.24, 2.45) is 10.1 Å². The fourth-order valence-corrected chi connectivity index (χ4v) is 3.98. The molecule has 2 N–H and O–H groups in total. The molecule has 0 atom stereocenters. The Balaban J connectivity index is 1.49. The molecule has 114 valence electrons. The van der Waals surface area contributed by atoms with Crippen LogP contribution in [0.2, 0.25) is 0 Å². The molecule has 2 heterocycles. The maximum absolute atomic E-state index is 11.4. The smallest absolute Gasteiger partial charge is 0.228 e. The number of anilines is 1. The van der Waals surface area contributed by atoms with Crippen LogP contribution in [-0.4, -0.2) is 28.6 Å². The number of rotatable bonds is 2. The summed E-state index contributed by atoms with van der Waals surface area (Å²) < 4.78 is 0. The van der Waals surface area contributed by atoms with Crippen LogP contribution in [0.5, 0.6) is 0 Å². The van der Waals surface area contributed by atoms with Crippen LogP contribution in [0, 0.1) is 0 Å². The van der Waals surface area contributed by atoms with Crippen molar-refractivity contribution in [1.29, 1.82) is 0 Å². The Hall–Kier alpha value is -1.82. The molecule has 1 saturated carbocycles. The van der Waals surface area contributed by atoms with E-state index in [1.54, 1.807) is 11.8 Å². The zero-order valence-corrected chi connectivity index (χ0v) is 13.1. The van der Waals surface area contributed by atoms with Crippen LogP contribution in [0.3, 0.4) is 0 Å². The van der Waals surface area contributed by atoms with Gasteiger partial charge in [0.1, 0.15) is 0 Å². The van der Waals surface area contributed by atoms with Crippen molar-refractivity contribution in [2.45, 2.75) is 38.1 Å². The van der Waals surface area contributed by atoms with Gasteiger partial charge in [0.05, 0.1) is 18.2 Å². The van der Waals surface area contributed by atoms with E-state index in [9.17, 15) is 4.79 Å². The lowest BCUT2D eigenvalue weighted by Crippen LogP contribution is -2.26. The van der Waals surface area contributed by atoms with Gasteiger partial charge in [0.15, 0.2) is 5.17 Å². The third-order valence-electron chi connectivity index (χ3n) is 4.32. The van der Waals surface area contributed by atoms with E-state index in [2.05, 4.69) is 21.9 Å². The van der Waals surface area contributed by atoms with E-state index in [1.165, 1.54) is 25.7 Å². The Labute approximate surface area is 133 Å². The van der Waals surface area contributed by atoms with Gasteiger partial charge in [-0.2, -0.15) is 5.10 Å². The molecular weight excluding hydrogens is 296 g/mol. The Morgan fingerprint density at radius 1 is 1.27 bits per heavy atom. The highest BCUT2D eigenvalue weighted by atomic mass is 32.2. The minimum Gasteiger partial charge on any atom is -0.326 e. The van der Waals surface area contributed by atoms with Crippen molar-refractivity contribution in [3.63, 3.8) is 0 Å². The van der Waals surface area contributed by atoms with Crippen LogP contribution in [0.4, 0.5) is 5.69 Å². The lowest BCUT2D eigenvalue weighted by molar-refractivity contribution is -0.115. The summed E-state index contributed by atoms with van der Waals surface area (Å²) in [5, 5.41) is 8.27. The second kappa shape index (κ2) is 5.76. The lowest BCUT2D eigenvalue weighted by atomic mass is 10.1. The van der Waals surface area contributed by atoms with Crippen LogP contribution in [0.25, 0.3) is 0 Å². The standard InChI is InChI=1S/C16H18N4OS/c21-15-8-11-7-10(5-6-13(11)18-15)14-9-22-16(20-19-14)17-12-3-1-2-4-12/h5-7,12H,1-4,8-9H2,(H,17,20)(H,18,21). The molecule has 4 rings (SSSR count). The summed E-state index contributed by atoms with van der Waals surface area (Å²) in [4.78, 5) is 16.2. The second-order valence-corrected chi connectivity index (χ2v) is 6.89. The van der Waals surface area contributed by atoms with Crippen LogP contribution >= 0.6 is 11.8 Å². The molecule has 2 aliphatic heterocycles. The van der Waals surface area contributed by atoms with Crippen molar-refractivity contribution < 1.29 is 4.79 Å². The Kier molecular flexibility index (Phi) is 3.62. The van der Waals surface area contributed by atoms with Gasteiger partial charge in [0.2, 0.25) is 5.91 Å². The average Bonchev–Trinajstić information content (AvgIpc) is 3.15. The fraction of sp³-hybridized carbons (Fsp3) is 0.438. The highest BCUT2D eigenvalue weighted by Crippen LogP contribution is 2.26. The van der Waals surface area contributed by atoms with Crippen molar-refractivity contribution >= 4 is 34.2 Å². The first-order chi connectivity index (χ1) is 10.8. The predicted octanol–water partition coefficient (Wildman–Crippen LogP) is 2.52. The summed E-state index contributed by atoms with van der Waals surface area (Å²) in [6, 6.07) is 6.52. The number of nitrogens with one attached hydrogen (secondary N) is 2. The van der Waals surface area contributed by atoms with Crippen LogP contribution < -0.4 is 10.7 Å². The molecule has 1 aliphatic carbocycles. The molecule has 1 aromatic carbocycles. The van der Waals surface area contributed by atoms with Crippen LogP contribution in [0.15, 0.2) is 28.3 Å². The van der Waals surface area contributed by atoms with E-state index in [0.29, 0.717) is 12.5 Å². The molecule has 0 aromatic heterocycles. The van der Waals surface area contributed by atoms with Gasteiger partial charge in [0, 0.05) is 11.4 Å². The highest BCUT2D eigenvalue weighted by molar-refractivity contribution is 8.14. The van der Waals surface area contributed by atoms with Gasteiger partial charge in [-0.1, -0.05) is 30.7 Å². The average molecular weight is 314 g/mol. The van der Waals surface area contributed by atoms with Gasteiger partial charge in [-0.05, 0) is 36.1 Å². The Morgan fingerprint density at radius 2 is 2.14 bits per heavy atom. The first-order valence-electron chi connectivity index (χ1n) is 7.74. The number of hydrazone groups is 1. The number of fused-ring (bicyclic) bond motifs is 1. The van der Waals surface area contributed by atoms with Gasteiger partial charge in [-0.3, -0.25) is 15.2 Å². The topological polar surface area (TPSA) is 65.8 Å². The minimum atomic E-state index is 0.0659. The molecule has 22 heavy (non-hydrogen) atoms. The minimum absolute atomic E-state index is 0.0659. The zero-order chi connectivity index (χ0) is 14.9. The molecule has 1 amide bonds. The summed E-state index contributed by atoms with van der Waals surface area (Å²) in [6.45, 7) is 0. The molecule has 5 nitrogen and oxygen atoms in total. The van der Waals surface area contributed by atoms with Crippen molar-refractivity contribution in [2.75, 3.05) is 11.1 Å². The maximum Gasteiger partial charge on any atom is 0.228 e. The molecule has 1 aromatic rings. The number of hydrogen-bond donors (Lipinski definition) is 2. The first-order valence-corrected chi connectivity index (χ1v) is 8.73. The van der Waals surface area contributed by atoms with Crippen molar-refractivity contribution in [3.05, 3.63) is 29.3 Å². The van der Waals surface area contributed by atoms with Crippen molar-refractivity contribution in [3.8, 4) is 0 Å². The van der Waals surface area contributed by atoms with Gasteiger partial charge in [-0.25, -0.2) is 0 Å². The number of amides is 1. The zero-order valence-electron chi connectivity index (χ0n) is 12.3. The molecule has 0 saturated heterocycles. The third kappa shape index (κ3) is 2.75. The normalized spacial score (nSPS) is 23.2. The number of carbonyl (C=O) groups excluding carboxylic acids is 1. The lowest BCUT2D eigenvalue weighted by Gasteiger charge is -2.16. The van der Waals surface area contributed by atoms with E-state index in [-0.39, 0.29) is 5.91 Å². The SMILES string of the molecule is O=C1Cc2cc(C3=NNC(=NC4CCCC4)SC3)ccc2N1. The molecule has 0 radical (unpaired) electrons. The Morgan fingerprint density at radius 3 is 2.91 bits per heavy atom. The maximum atomic E-state index is 11.4. The van der Waals surface area contributed by atoms with Crippen molar-refractivity contribution in [1.82, 2.24) is 5.43 Å². The molecule has 0 bridgehead atoms. The molecular formula is C16H18N4OS. The third-order valence-corrected chi connectivity index (χ3v) is 5.21. The summed E-state index contributed by atoms with van der Waals surface area (Å²) in [7, 11) is 0. The Bertz CT molecular complexity index is 677. The summed E-state index contributed by atoms with van der Waals surface area (Å²) in [5.41, 5.74) is 7.16. The molecule has 3 aliphatic rings. The number of nitrogens with zero attached hydrogens (tertiary/aromatic N) is 2. The molecule has 6 heteroatoms. The number of amidine groups is 1. The van der Waals surface area contributed by atoms with Gasteiger partial charge < -0.3 is 5.32 Å². The number of hydrogen-bond acceptors (Lipinski definition) is 4. The van der Waals surface area contributed by atoms with Crippen LogP contribution in [-0.2, 0) is 11.2 Å². The number of aliphatic imine (C=N–C) groups is 1. The summed E-state index contributed by atoms with van der Waals surface area (Å²) in [5.74, 6) is 0.884. The van der Waals surface area contributed by atoms with E-state index in [0.717, 1.165) is 33.4 Å². The first kappa shape index (κ1) is 13.8. The number of carbonyl (C=O) groups is 1. The van der Waals surface area contributed by atoms with Gasteiger partial charge >= 0.3 is 0 Å².